The summed E-state index contributed by atoms with van der Waals surface area (Å²) in [5.41, 5.74) is 2.24. The van der Waals surface area contributed by atoms with Crippen LogP contribution in [-0.2, 0) is 16.1 Å². The molecular formula is C26H36N2O4. The van der Waals surface area contributed by atoms with Crippen molar-refractivity contribution in [1.82, 2.24) is 10.2 Å². The molecule has 1 aliphatic heterocycles. The second-order valence-corrected chi connectivity index (χ2v) is 8.61. The average Bonchev–Trinajstić information content (AvgIpc) is 2.82. The van der Waals surface area contributed by atoms with E-state index in [1.807, 2.05) is 48.5 Å². The van der Waals surface area contributed by atoms with Crippen molar-refractivity contribution < 1.29 is 19.0 Å². The van der Waals surface area contributed by atoms with E-state index in [-0.39, 0.29) is 12.5 Å². The lowest BCUT2D eigenvalue weighted by atomic mass is 10.0. The molecule has 0 bridgehead atoms. The van der Waals surface area contributed by atoms with Crippen molar-refractivity contribution in [1.29, 1.82) is 0 Å². The highest BCUT2D eigenvalue weighted by atomic mass is 16.5. The van der Waals surface area contributed by atoms with Crippen molar-refractivity contribution in [3.63, 3.8) is 0 Å². The van der Waals surface area contributed by atoms with Gasteiger partial charge in [-0.15, -0.1) is 0 Å². The Bertz CT molecular complexity index is 832. The molecule has 1 fully saturated rings. The molecule has 1 amide bonds. The normalized spacial score (nSPS) is 14.5. The van der Waals surface area contributed by atoms with Gasteiger partial charge in [0, 0.05) is 32.3 Å². The molecular weight excluding hydrogens is 404 g/mol. The maximum absolute atomic E-state index is 12.2. The summed E-state index contributed by atoms with van der Waals surface area (Å²) in [7, 11) is 2.14. The lowest BCUT2D eigenvalue weighted by molar-refractivity contribution is -0.123. The molecule has 0 aliphatic carbocycles. The molecule has 0 saturated carbocycles. The summed E-state index contributed by atoms with van der Waals surface area (Å²) in [5, 5.41) is 2.90. The molecule has 0 spiro atoms. The van der Waals surface area contributed by atoms with Crippen LogP contribution >= 0.6 is 0 Å². The van der Waals surface area contributed by atoms with Crippen LogP contribution in [0, 0.1) is 0 Å². The summed E-state index contributed by atoms with van der Waals surface area (Å²) in [6, 6.07) is 16.3. The first-order chi connectivity index (χ1) is 15.5. The van der Waals surface area contributed by atoms with Gasteiger partial charge in [-0.2, -0.15) is 0 Å². The van der Waals surface area contributed by atoms with Crippen LogP contribution in [0.25, 0.3) is 0 Å². The fraction of sp³-hybridized carbons (Fsp3) is 0.500. The topological polar surface area (TPSA) is 60.0 Å². The maximum Gasteiger partial charge on any atom is 0.258 e. The molecule has 1 aliphatic rings. The van der Waals surface area contributed by atoms with E-state index in [0.717, 1.165) is 43.9 Å². The highest BCUT2D eigenvalue weighted by Gasteiger charge is 2.18. The second kappa shape index (κ2) is 12.5. The van der Waals surface area contributed by atoms with E-state index in [1.165, 1.54) is 5.56 Å². The second-order valence-electron chi connectivity index (χ2n) is 8.61. The molecule has 0 atom stereocenters. The summed E-state index contributed by atoms with van der Waals surface area (Å²) in [5.74, 6) is 1.84. The molecule has 0 aromatic heterocycles. The molecule has 32 heavy (non-hydrogen) atoms. The third-order valence-corrected chi connectivity index (χ3v) is 5.83. The minimum Gasteiger partial charge on any atom is -0.492 e. The number of hydrogen-bond acceptors (Lipinski definition) is 5. The minimum atomic E-state index is -0.151. The van der Waals surface area contributed by atoms with Gasteiger partial charge in [-0.1, -0.05) is 38.1 Å². The molecule has 1 saturated heterocycles. The molecule has 3 rings (SSSR count). The van der Waals surface area contributed by atoms with Crippen LogP contribution in [0.15, 0.2) is 48.5 Å². The predicted molar refractivity (Wildman–Crippen MR) is 126 cm³/mol. The third-order valence-electron chi connectivity index (χ3n) is 5.83. The van der Waals surface area contributed by atoms with Crippen molar-refractivity contribution in [2.24, 2.45) is 0 Å². The SMILES string of the molecule is CC(C)c1ccc(OCC(=O)NCc2cccc(OCCN(C)C3CCOCC3)c2)cc1. The van der Waals surface area contributed by atoms with Gasteiger partial charge in [-0.25, -0.2) is 0 Å². The Kier molecular flexibility index (Phi) is 9.38. The Hall–Kier alpha value is -2.57. The number of carbonyl (C=O) groups is 1. The monoisotopic (exact) mass is 440 g/mol. The zero-order valence-corrected chi connectivity index (χ0v) is 19.5. The first-order valence-corrected chi connectivity index (χ1v) is 11.5. The Morgan fingerprint density at radius 2 is 1.84 bits per heavy atom. The highest BCUT2D eigenvalue weighted by Crippen LogP contribution is 2.19. The molecule has 0 radical (unpaired) electrons. The van der Waals surface area contributed by atoms with Crippen molar-refractivity contribution in [3.8, 4) is 11.5 Å². The molecule has 1 N–H and O–H groups in total. The van der Waals surface area contributed by atoms with Gasteiger partial charge in [0.25, 0.3) is 5.91 Å². The number of benzene rings is 2. The van der Waals surface area contributed by atoms with E-state index in [9.17, 15) is 4.79 Å². The lowest BCUT2D eigenvalue weighted by Gasteiger charge is -2.31. The summed E-state index contributed by atoms with van der Waals surface area (Å²) in [4.78, 5) is 14.5. The van der Waals surface area contributed by atoms with Crippen molar-refractivity contribution in [2.45, 2.75) is 45.2 Å². The first-order valence-electron chi connectivity index (χ1n) is 11.5. The Morgan fingerprint density at radius 3 is 2.56 bits per heavy atom. The number of nitrogens with one attached hydrogen (secondary N) is 1. The lowest BCUT2D eigenvalue weighted by Crippen LogP contribution is -2.38. The van der Waals surface area contributed by atoms with Gasteiger partial charge in [0.05, 0.1) is 0 Å². The number of ether oxygens (including phenoxy) is 3. The number of likely N-dealkylation sites (N-methyl/N-ethyl adjacent to an activating group) is 1. The smallest absolute Gasteiger partial charge is 0.258 e. The maximum atomic E-state index is 12.2. The minimum absolute atomic E-state index is 0.00421. The zero-order valence-electron chi connectivity index (χ0n) is 19.5. The highest BCUT2D eigenvalue weighted by molar-refractivity contribution is 5.77. The van der Waals surface area contributed by atoms with Crippen molar-refractivity contribution >= 4 is 5.91 Å². The Morgan fingerprint density at radius 1 is 1.09 bits per heavy atom. The molecule has 2 aromatic carbocycles. The quantitative estimate of drug-likeness (QED) is 0.572. The molecule has 6 heteroatoms. The fourth-order valence-corrected chi connectivity index (χ4v) is 3.71. The van der Waals surface area contributed by atoms with E-state index in [0.29, 0.717) is 30.9 Å². The van der Waals surface area contributed by atoms with Gasteiger partial charge >= 0.3 is 0 Å². The number of amides is 1. The van der Waals surface area contributed by atoms with Crippen LogP contribution in [0.2, 0.25) is 0 Å². The van der Waals surface area contributed by atoms with Crippen LogP contribution in [-0.4, -0.2) is 56.9 Å². The molecule has 2 aromatic rings. The first kappa shape index (κ1) is 24.1. The summed E-state index contributed by atoms with van der Waals surface area (Å²) >= 11 is 0. The van der Waals surface area contributed by atoms with E-state index < -0.39 is 0 Å². The average molecular weight is 441 g/mol. The molecule has 1 heterocycles. The molecule has 6 nitrogen and oxygen atoms in total. The van der Waals surface area contributed by atoms with Gasteiger partial charge in [0.2, 0.25) is 0 Å². The van der Waals surface area contributed by atoms with E-state index >= 15 is 0 Å². The molecule has 174 valence electrons. The Balaban J connectivity index is 1.36. The Labute approximate surface area is 191 Å². The van der Waals surface area contributed by atoms with Crippen LogP contribution < -0.4 is 14.8 Å². The number of hydrogen-bond donors (Lipinski definition) is 1. The van der Waals surface area contributed by atoms with Gasteiger partial charge in [0.15, 0.2) is 6.61 Å². The summed E-state index contributed by atoms with van der Waals surface area (Å²) < 4.78 is 17.0. The van der Waals surface area contributed by atoms with Crippen LogP contribution in [0.3, 0.4) is 0 Å². The van der Waals surface area contributed by atoms with Crippen LogP contribution in [0.5, 0.6) is 11.5 Å². The van der Waals surface area contributed by atoms with E-state index in [2.05, 4.69) is 31.1 Å². The zero-order chi connectivity index (χ0) is 22.8. The number of rotatable bonds is 11. The summed E-state index contributed by atoms with van der Waals surface area (Å²) in [6.07, 6.45) is 2.16. The number of nitrogens with zero attached hydrogens (tertiary/aromatic N) is 1. The summed E-state index contributed by atoms with van der Waals surface area (Å²) in [6.45, 7) is 7.93. The van der Waals surface area contributed by atoms with Gasteiger partial charge in [-0.05, 0) is 61.2 Å². The standard InChI is InChI=1S/C26H36N2O4/c1-20(2)22-7-9-24(10-8-22)32-19-26(29)27-18-21-5-4-6-25(17-21)31-16-13-28(3)23-11-14-30-15-12-23/h4-10,17,20,23H,11-16,18-19H2,1-3H3,(H,27,29). The van der Waals surface area contributed by atoms with Crippen LogP contribution in [0.1, 0.15) is 43.7 Å². The fourth-order valence-electron chi connectivity index (χ4n) is 3.71. The van der Waals surface area contributed by atoms with Crippen LogP contribution in [0.4, 0.5) is 0 Å². The van der Waals surface area contributed by atoms with E-state index in [4.69, 9.17) is 14.2 Å². The predicted octanol–water partition coefficient (Wildman–Crippen LogP) is 3.99. The van der Waals surface area contributed by atoms with Gasteiger partial charge < -0.3 is 19.5 Å². The van der Waals surface area contributed by atoms with E-state index in [1.54, 1.807) is 0 Å². The molecule has 0 unspecified atom stereocenters. The van der Waals surface area contributed by atoms with Crippen molar-refractivity contribution in [2.75, 3.05) is 40.0 Å². The number of carbonyl (C=O) groups excluding carboxylic acids is 1. The van der Waals surface area contributed by atoms with Gasteiger partial charge in [-0.3, -0.25) is 9.69 Å². The van der Waals surface area contributed by atoms with Gasteiger partial charge in [0.1, 0.15) is 18.1 Å². The largest absolute Gasteiger partial charge is 0.492 e. The third kappa shape index (κ3) is 7.84. The van der Waals surface area contributed by atoms with Crippen molar-refractivity contribution in [3.05, 3.63) is 59.7 Å².